The minimum absolute atomic E-state index is 0.745. The van der Waals surface area contributed by atoms with Crippen LogP contribution in [0.4, 0.5) is 0 Å². The maximum atomic E-state index is 4.43. The van der Waals surface area contributed by atoms with Crippen LogP contribution >= 0.6 is 15.9 Å². The molecule has 3 rings (SSSR count). The molecule has 0 saturated heterocycles. The molecule has 19 heavy (non-hydrogen) atoms. The summed E-state index contributed by atoms with van der Waals surface area (Å²) in [5.74, 6) is 0.998. The first kappa shape index (κ1) is 12.2. The quantitative estimate of drug-likeness (QED) is 0.744. The van der Waals surface area contributed by atoms with E-state index in [0.29, 0.717) is 0 Å². The number of rotatable bonds is 3. The Balaban J connectivity index is 1.83. The van der Waals surface area contributed by atoms with Crippen molar-refractivity contribution in [1.29, 1.82) is 0 Å². The van der Waals surface area contributed by atoms with Gasteiger partial charge >= 0.3 is 0 Å². The fourth-order valence-electron chi connectivity index (χ4n) is 1.94. The number of hydrogen-bond donors (Lipinski definition) is 0. The van der Waals surface area contributed by atoms with Crippen molar-refractivity contribution in [3.63, 3.8) is 0 Å². The molecular formula is C14H13BrN4. The van der Waals surface area contributed by atoms with Crippen LogP contribution in [-0.2, 0) is 6.54 Å². The Bertz CT molecular complexity index is 682. The molecule has 3 aromatic rings. The standard InChI is InChI=1S/C14H13BrN4/c1-11-16-6-7-18(11)8-13-9-19(10-17-13)14-4-2-12(15)3-5-14/h2-7,9-10H,8H2,1H3. The van der Waals surface area contributed by atoms with Crippen LogP contribution < -0.4 is 0 Å². The Morgan fingerprint density at radius 2 is 1.95 bits per heavy atom. The lowest BCUT2D eigenvalue weighted by atomic mass is 10.3. The maximum Gasteiger partial charge on any atom is 0.105 e. The van der Waals surface area contributed by atoms with Gasteiger partial charge in [-0.2, -0.15) is 0 Å². The first-order valence-corrected chi connectivity index (χ1v) is 6.78. The zero-order valence-electron chi connectivity index (χ0n) is 10.5. The normalized spacial score (nSPS) is 10.8. The molecule has 0 amide bonds. The van der Waals surface area contributed by atoms with Gasteiger partial charge in [-0.3, -0.25) is 0 Å². The van der Waals surface area contributed by atoms with Gasteiger partial charge in [0.15, 0.2) is 0 Å². The zero-order valence-corrected chi connectivity index (χ0v) is 12.1. The molecule has 2 heterocycles. The lowest BCUT2D eigenvalue weighted by molar-refractivity contribution is 0.746. The molecule has 0 aliphatic heterocycles. The van der Waals surface area contributed by atoms with E-state index in [1.54, 1.807) is 6.20 Å². The molecule has 0 N–H and O–H groups in total. The van der Waals surface area contributed by atoms with Gasteiger partial charge in [0, 0.05) is 28.8 Å². The van der Waals surface area contributed by atoms with Crippen LogP contribution in [0.3, 0.4) is 0 Å². The second kappa shape index (κ2) is 5.01. The monoisotopic (exact) mass is 316 g/mol. The molecule has 2 aromatic heterocycles. The van der Waals surface area contributed by atoms with E-state index in [-0.39, 0.29) is 0 Å². The molecule has 0 saturated carbocycles. The van der Waals surface area contributed by atoms with Crippen molar-refractivity contribution in [2.45, 2.75) is 13.5 Å². The molecule has 0 aliphatic rings. The first-order chi connectivity index (χ1) is 9.22. The summed E-state index contributed by atoms with van der Waals surface area (Å²) in [5, 5.41) is 0. The van der Waals surface area contributed by atoms with Crippen molar-refractivity contribution in [1.82, 2.24) is 19.1 Å². The van der Waals surface area contributed by atoms with E-state index in [1.807, 2.05) is 42.3 Å². The molecule has 0 bridgehead atoms. The minimum atomic E-state index is 0.745. The van der Waals surface area contributed by atoms with E-state index < -0.39 is 0 Å². The van der Waals surface area contributed by atoms with Gasteiger partial charge in [-0.1, -0.05) is 15.9 Å². The minimum Gasteiger partial charge on any atom is -0.329 e. The highest BCUT2D eigenvalue weighted by Gasteiger charge is 2.03. The van der Waals surface area contributed by atoms with E-state index in [2.05, 4.69) is 42.6 Å². The van der Waals surface area contributed by atoms with Crippen molar-refractivity contribution >= 4 is 15.9 Å². The fraction of sp³-hybridized carbons (Fsp3) is 0.143. The third-order valence-corrected chi connectivity index (χ3v) is 3.55. The molecule has 96 valence electrons. The summed E-state index contributed by atoms with van der Waals surface area (Å²) in [6, 6.07) is 8.15. The van der Waals surface area contributed by atoms with Crippen LogP contribution in [0.5, 0.6) is 0 Å². The molecule has 0 atom stereocenters. The van der Waals surface area contributed by atoms with Gasteiger partial charge < -0.3 is 9.13 Å². The summed E-state index contributed by atoms with van der Waals surface area (Å²) in [7, 11) is 0. The maximum absolute atomic E-state index is 4.43. The molecule has 0 unspecified atom stereocenters. The number of imidazole rings is 2. The highest BCUT2D eigenvalue weighted by molar-refractivity contribution is 9.10. The summed E-state index contributed by atoms with van der Waals surface area (Å²) in [4.78, 5) is 8.64. The Morgan fingerprint density at radius 1 is 1.16 bits per heavy atom. The average molecular weight is 317 g/mol. The van der Waals surface area contributed by atoms with E-state index in [4.69, 9.17) is 0 Å². The van der Waals surface area contributed by atoms with E-state index in [0.717, 1.165) is 28.2 Å². The third kappa shape index (κ3) is 2.61. The van der Waals surface area contributed by atoms with Crippen LogP contribution in [0.25, 0.3) is 5.69 Å². The SMILES string of the molecule is Cc1nccn1Cc1cn(-c2ccc(Br)cc2)cn1. The predicted molar refractivity (Wildman–Crippen MR) is 77.3 cm³/mol. The van der Waals surface area contributed by atoms with Crippen molar-refractivity contribution in [3.8, 4) is 5.69 Å². The van der Waals surface area contributed by atoms with Crippen LogP contribution in [0, 0.1) is 6.92 Å². The lowest BCUT2D eigenvalue weighted by Gasteiger charge is -2.02. The summed E-state index contributed by atoms with van der Waals surface area (Å²) >= 11 is 3.44. The second-order valence-corrected chi connectivity index (χ2v) is 5.27. The summed E-state index contributed by atoms with van der Waals surface area (Å²) in [6.07, 6.45) is 7.66. The number of nitrogens with zero attached hydrogens (tertiary/aromatic N) is 4. The molecule has 0 aliphatic carbocycles. The Morgan fingerprint density at radius 3 is 2.63 bits per heavy atom. The third-order valence-electron chi connectivity index (χ3n) is 3.02. The van der Waals surface area contributed by atoms with Crippen molar-refractivity contribution < 1.29 is 0 Å². The summed E-state index contributed by atoms with van der Waals surface area (Å²) in [6.45, 7) is 2.74. The first-order valence-electron chi connectivity index (χ1n) is 5.99. The van der Waals surface area contributed by atoms with Gasteiger partial charge in [-0.25, -0.2) is 9.97 Å². The van der Waals surface area contributed by atoms with Crippen LogP contribution in [-0.4, -0.2) is 19.1 Å². The largest absolute Gasteiger partial charge is 0.329 e. The number of benzene rings is 1. The van der Waals surface area contributed by atoms with Crippen molar-refractivity contribution in [2.24, 2.45) is 0 Å². The molecule has 0 spiro atoms. The van der Waals surface area contributed by atoms with Gasteiger partial charge in [-0.15, -0.1) is 0 Å². The van der Waals surface area contributed by atoms with E-state index in [1.165, 1.54) is 0 Å². The Hall–Kier alpha value is -1.88. The Kier molecular flexibility index (Phi) is 3.21. The summed E-state index contributed by atoms with van der Waals surface area (Å²) < 4.78 is 5.17. The van der Waals surface area contributed by atoms with Gasteiger partial charge in [0.2, 0.25) is 0 Å². The number of aryl methyl sites for hydroxylation is 1. The Labute approximate surface area is 119 Å². The van der Waals surface area contributed by atoms with Gasteiger partial charge in [0.25, 0.3) is 0 Å². The fourth-order valence-corrected chi connectivity index (χ4v) is 2.21. The number of aromatic nitrogens is 4. The number of hydrogen-bond acceptors (Lipinski definition) is 2. The van der Waals surface area contributed by atoms with Crippen molar-refractivity contribution in [3.05, 3.63) is 65.2 Å². The molecule has 0 radical (unpaired) electrons. The molecule has 4 nitrogen and oxygen atoms in total. The number of halogens is 1. The highest BCUT2D eigenvalue weighted by atomic mass is 79.9. The average Bonchev–Trinajstić information content (AvgIpc) is 3.01. The molecule has 5 heteroatoms. The zero-order chi connectivity index (χ0) is 13.2. The molecule has 1 aromatic carbocycles. The van der Waals surface area contributed by atoms with Gasteiger partial charge in [0.05, 0.1) is 18.6 Å². The molecular weight excluding hydrogens is 304 g/mol. The second-order valence-electron chi connectivity index (χ2n) is 4.35. The van der Waals surface area contributed by atoms with E-state index in [9.17, 15) is 0 Å². The summed E-state index contributed by atoms with van der Waals surface area (Å²) in [5.41, 5.74) is 2.12. The predicted octanol–water partition coefficient (Wildman–Crippen LogP) is 3.19. The van der Waals surface area contributed by atoms with Gasteiger partial charge in [-0.05, 0) is 31.2 Å². The lowest BCUT2D eigenvalue weighted by Crippen LogP contribution is -2.00. The van der Waals surface area contributed by atoms with Crippen molar-refractivity contribution in [2.75, 3.05) is 0 Å². The van der Waals surface area contributed by atoms with Gasteiger partial charge in [0.1, 0.15) is 5.82 Å². The molecule has 0 fully saturated rings. The van der Waals surface area contributed by atoms with E-state index >= 15 is 0 Å². The smallest absolute Gasteiger partial charge is 0.105 e. The van der Waals surface area contributed by atoms with Crippen LogP contribution in [0.2, 0.25) is 0 Å². The topological polar surface area (TPSA) is 35.6 Å². The van der Waals surface area contributed by atoms with Crippen LogP contribution in [0.1, 0.15) is 11.5 Å². The highest BCUT2D eigenvalue weighted by Crippen LogP contribution is 2.14. The van der Waals surface area contributed by atoms with Crippen LogP contribution in [0.15, 0.2) is 53.7 Å².